The number of rotatable bonds is 9. The lowest BCUT2D eigenvalue weighted by Crippen LogP contribution is -2.37. The molecule has 2 rings (SSSR count). The van der Waals surface area contributed by atoms with Crippen LogP contribution in [0.1, 0.15) is 47.4 Å². The lowest BCUT2D eigenvalue weighted by Gasteiger charge is -2.21. The highest BCUT2D eigenvalue weighted by molar-refractivity contribution is 7.89. The maximum Gasteiger partial charge on any atom is 0.261 e. The van der Waals surface area contributed by atoms with Crippen LogP contribution in [0.3, 0.4) is 0 Å². The van der Waals surface area contributed by atoms with Gasteiger partial charge in [-0.15, -0.1) is 12.4 Å². The first-order valence-electron chi connectivity index (χ1n) is 8.80. The van der Waals surface area contributed by atoms with E-state index in [1.54, 1.807) is 24.3 Å². The summed E-state index contributed by atoms with van der Waals surface area (Å²) in [5.41, 5.74) is 6.71. The Morgan fingerprint density at radius 2 is 1.63 bits per heavy atom. The fourth-order valence-electron chi connectivity index (χ4n) is 2.81. The minimum Gasteiger partial charge on any atom is -0.327 e. The predicted octanol–water partition coefficient (Wildman–Crippen LogP) is 1.73. The van der Waals surface area contributed by atoms with Gasteiger partial charge in [-0.25, -0.2) is 12.7 Å². The summed E-state index contributed by atoms with van der Waals surface area (Å²) in [6.45, 7) is 4.45. The molecule has 0 spiro atoms. The molecular weight excluding hydrogens is 390 g/mol. The summed E-state index contributed by atoms with van der Waals surface area (Å²) in [6.07, 6.45) is 0.792. The van der Waals surface area contributed by atoms with Crippen molar-refractivity contribution in [3.05, 3.63) is 35.4 Å². The zero-order valence-electron chi connectivity index (χ0n) is 15.9. The molecular formula is C18H28ClN3O4S. The molecule has 1 aromatic carbocycles. The molecule has 152 valence electrons. The van der Waals surface area contributed by atoms with Crippen LogP contribution in [0.25, 0.3) is 0 Å². The van der Waals surface area contributed by atoms with Crippen LogP contribution in [0.4, 0.5) is 0 Å². The molecule has 1 atom stereocenters. The van der Waals surface area contributed by atoms with Crippen LogP contribution in [0, 0.1) is 5.92 Å². The first kappa shape index (κ1) is 23.6. The van der Waals surface area contributed by atoms with Crippen LogP contribution >= 0.6 is 12.4 Å². The van der Waals surface area contributed by atoms with Gasteiger partial charge in [0.15, 0.2) is 0 Å². The zero-order valence-corrected chi connectivity index (χ0v) is 17.6. The molecule has 1 heterocycles. The van der Waals surface area contributed by atoms with Crippen LogP contribution in [0.5, 0.6) is 0 Å². The molecule has 0 aliphatic carbocycles. The van der Waals surface area contributed by atoms with Gasteiger partial charge in [-0.2, -0.15) is 0 Å². The summed E-state index contributed by atoms with van der Waals surface area (Å²) in [7, 11) is -1.92. The fourth-order valence-corrected chi connectivity index (χ4v) is 4.00. The molecule has 1 aromatic rings. The zero-order chi connectivity index (χ0) is 19.5. The lowest BCUT2D eigenvalue weighted by molar-refractivity contribution is 0.0654. The summed E-state index contributed by atoms with van der Waals surface area (Å²) in [5, 5.41) is 0. The molecule has 0 fully saturated rings. The molecule has 9 heteroatoms. The van der Waals surface area contributed by atoms with Gasteiger partial charge in [0.2, 0.25) is 10.0 Å². The molecule has 1 aliphatic heterocycles. The van der Waals surface area contributed by atoms with E-state index in [-0.39, 0.29) is 49.0 Å². The monoisotopic (exact) mass is 417 g/mol. The van der Waals surface area contributed by atoms with E-state index in [1.165, 1.54) is 11.4 Å². The number of fused-ring (bicyclic) bond motifs is 1. The van der Waals surface area contributed by atoms with E-state index in [4.69, 9.17) is 5.73 Å². The van der Waals surface area contributed by atoms with Crippen LogP contribution in [-0.2, 0) is 10.0 Å². The fraction of sp³-hybridized carbons (Fsp3) is 0.556. The third-order valence-electron chi connectivity index (χ3n) is 4.77. The van der Waals surface area contributed by atoms with Gasteiger partial charge in [-0.1, -0.05) is 26.0 Å². The second-order valence-corrected chi connectivity index (χ2v) is 9.19. The number of nitrogens with zero attached hydrogens (tertiary/aromatic N) is 2. The Hall–Kier alpha value is -1.48. The van der Waals surface area contributed by atoms with E-state index in [1.807, 2.05) is 13.8 Å². The van der Waals surface area contributed by atoms with Gasteiger partial charge in [0, 0.05) is 26.2 Å². The van der Waals surface area contributed by atoms with Crippen molar-refractivity contribution in [3.63, 3.8) is 0 Å². The average molecular weight is 418 g/mol. The van der Waals surface area contributed by atoms with E-state index in [0.717, 1.165) is 4.90 Å². The van der Waals surface area contributed by atoms with Crippen LogP contribution in [0.2, 0.25) is 0 Å². The molecule has 0 saturated carbocycles. The molecule has 2 amide bonds. The summed E-state index contributed by atoms with van der Waals surface area (Å²) in [4.78, 5) is 25.7. The highest BCUT2D eigenvalue weighted by Gasteiger charge is 2.34. The number of hydrogen-bond donors (Lipinski definition) is 1. The van der Waals surface area contributed by atoms with Crippen LogP contribution < -0.4 is 5.73 Å². The Labute approximate surface area is 167 Å². The first-order valence-corrected chi connectivity index (χ1v) is 10.4. The van der Waals surface area contributed by atoms with Crippen molar-refractivity contribution in [3.8, 4) is 0 Å². The largest absolute Gasteiger partial charge is 0.327 e. The van der Waals surface area contributed by atoms with Gasteiger partial charge in [-0.3, -0.25) is 14.5 Å². The van der Waals surface area contributed by atoms with Crippen LogP contribution in [0.15, 0.2) is 24.3 Å². The summed E-state index contributed by atoms with van der Waals surface area (Å²) in [6, 6.07) is 6.57. The molecule has 7 nitrogen and oxygen atoms in total. The van der Waals surface area contributed by atoms with E-state index in [0.29, 0.717) is 30.0 Å². The maximum absolute atomic E-state index is 12.4. The molecule has 0 aromatic heterocycles. The Balaban J connectivity index is 0.00000364. The van der Waals surface area contributed by atoms with Crippen molar-refractivity contribution in [1.29, 1.82) is 0 Å². The topological polar surface area (TPSA) is 101 Å². The van der Waals surface area contributed by atoms with E-state index >= 15 is 0 Å². The maximum atomic E-state index is 12.4. The molecule has 1 aliphatic rings. The quantitative estimate of drug-likeness (QED) is 0.616. The van der Waals surface area contributed by atoms with Crippen molar-refractivity contribution in [2.75, 3.05) is 25.9 Å². The summed E-state index contributed by atoms with van der Waals surface area (Å²) < 4.78 is 26.0. The van der Waals surface area contributed by atoms with E-state index in [2.05, 4.69) is 0 Å². The van der Waals surface area contributed by atoms with Crippen molar-refractivity contribution in [1.82, 2.24) is 9.21 Å². The van der Waals surface area contributed by atoms with Crippen molar-refractivity contribution < 1.29 is 18.0 Å². The van der Waals surface area contributed by atoms with Crippen LogP contribution in [-0.4, -0.2) is 61.4 Å². The van der Waals surface area contributed by atoms with Gasteiger partial charge in [0.1, 0.15) is 0 Å². The average Bonchev–Trinajstić information content (AvgIpc) is 2.84. The van der Waals surface area contributed by atoms with Gasteiger partial charge in [0.25, 0.3) is 11.8 Å². The third kappa shape index (κ3) is 5.51. The smallest absolute Gasteiger partial charge is 0.261 e. The molecule has 2 N–H and O–H groups in total. The van der Waals surface area contributed by atoms with Crippen molar-refractivity contribution >= 4 is 34.2 Å². The molecule has 0 saturated heterocycles. The normalized spacial score (nSPS) is 15.3. The Bertz CT molecular complexity index is 748. The highest BCUT2D eigenvalue weighted by Crippen LogP contribution is 2.22. The number of carbonyl (C=O) groups is 2. The van der Waals surface area contributed by atoms with Crippen molar-refractivity contribution in [2.24, 2.45) is 11.7 Å². The number of nitrogens with two attached hydrogens (primary N) is 1. The van der Waals surface area contributed by atoms with Gasteiger partial charge in [0.05, 0.1) is 16.9 Å². The molecule has 0 bridgehead atoms. The number of carbonyl (C=O) groups excluding carboxylic acids is 2. The lowest BCUT2D eigenvalue weighted by atomic mass is 10.0. The second-order valence-electron chi connectivity index (χ2n) is 7.00. The van der Waals surface area contributed by atoms with Gasteiger partial charge < -0.3 is 5.73 Å². The second kappa shape index (κ2) is 9.64. The number of imide groups is 1. The number of amides is 2. The standard InChI is InChI=1S/C18H27N3O4S.ClH/c1-13(2)16(19)9-11-20(3)26(24,25)12-6-10-21-17(22)14-7-4-5-8-15(14)18(21)23;/h4-5,7-8,13,16H,6,9-12,19H2,1-3H3;1H. The molecule has 1 unspecified atom stereocenters. The molecule has 27 heavy (non-hydrogen) atoms. The number of hydrogen-bond acceptors (Lipinski definition) is 5. The Morgan fingerprint density at radius 3 is 2.11 bits per heavy atom. The third-order valence-corrected chi connectivity index (χ3v) is 6.71. The number of halogens is 1. The first-order chi connectivity index (χ1) is 12.1. The minimum absolute atomic E-state index is 0. The Morgan fingerprint density at radius 1 is 1.11 bits per heavy atom. The minimum atomic E-state index is -3.45. The van der Waals surface area contributed by atoms with Gasteiger partial charge >= 0.3 is 0 Å². The highest BCUT2D eigenvalue weighted by atomic mass is 35.5. The van der Waals surface area contributed by atoms with Gasteiger partial charge in [-0.05, 0) is 30.9 Å². The number of sulfonamides is 1. The van der Waals surface area contributed by atoms with Crippen molar-refractivity contribution in [2.45, 2.75) is 32.7 Å². The number of benzene rings is 1. The van der Waals surface area contributed by atoms with E-state index in [9.17, 15) is 18.0 Å². The Kier molecular flexibility index (Phi) is 8.41. The predicted molar refractivity (Wildman–Crippen MR) is 108 cm³/mol. The summed E-state index contributed by atoms with van der Waals surface area (Å²) in [5.74, 6) is -0.549. The SMILES string of the molecule is CC(C)C(N)CCN(C)S(=O)(=O)CCCN1C(=O)c2ccccc2C1=O.Cl. The molecule has 0 radical (unpaired) electrons. The van der Waals surface area contributed by atoms with E-state index < -0.39 is 10.0 Å². The summed E-state index contributed by atoms with van der Waals surface area (Å²) >= 11 is 0.